The van der Waals surface area contributed by atoms with Crippen LogP contribution in [0.2, 0.25) is 0 Å². The van der Waals surface area contributed by atoms with Gasteiger partial charge in [0.2, 0.25) is 5.91 Å². The van der Waals surface area contributed by atoms with Crippen LogP contribution >= 0.6 is 11.8 Å². The summed E-state index contributed by atoms with van der Waals surface area (Å²) in [5.74, 6) is 1.81. The van der Waals surface area contributed by atoms with E-state index in [0.29, 0.717) is 22.6 Å². The zero-order valence-corrected chi connectivity index (χ0v) is 15.6. The van der Waals surface area contributed by atoms with Gasteiger partial charge in [-0.2, -0.15) is 0 Å². The summed E-state index contributed by atoms with van der Waals surface area (Å²) in [6.45, 7) is 3.70. The summed E-state index contributed by atoms with van der Waals surface area (Å²) < 4.78 is 16.6. The van der Waals surface area contributed by atoms with Crippen molar-refractivity contribution in [3.05, 3.63) is 54.2 Å². The van der Waals surface area contributed by atoms with Gasteiger partial charge in [-0.05, 0) is 32.0 Å². The van der Waals surface area contributed by atoms with E-state index in [2.05, 4.69) is 15.5 Å². The minimum atomic E-state index is -0.239. The van der Waals surface area contributed by atoms with E-state index in [-0.39, 0.29) is 17.7 Å². The van der Waals surface area contributed by atoms with Gasteiger partial charge in [-0.1, -0.05) is 30.0 Å². The van der Waals surface area contributed by atoms with E-state index < -0.39 is 0 Å². The number of carbonyl (C=O) groups is 1. The van der Waals surface area contributed by atoms with E-state index in [1.165, 1.54) is 11.8 Å². The third kappa shape index (κ3) is 3.75. The van der Waals surface area contributed by atoms with Crippen LogP contribution in [-0.4, -0.2) is 21.9 Å². The number of thioether (sulfide) groups is 1. The molecule has 1 amide bonds. The molecule has 27 heavy (non-hydrogen) atoms. The number of nitrogens with zero attached hydrogens (tertiary/aromatic N) is 2. The predicted molar refractivity (Wildman–Crippen MR) is 100 cm³/mol. The summed E-state index contributed by atoms with van der Waals surface area (Å²) in [7, 11) is 0. The van der Waals surface area contributed by atoms with Crippen molar-refractivity contribution >= 4 is 28.6 Å². The highest BCUT2D eigenvalue weighted by atomic mass is 32.2. The molecular weight excluding hydrogens is 366 g/mol. The molecule has 0 radical (unpaired) electrons. The van der Waals surface area contributed by atoms with Crippen molar-refractivity contribution in [3.8, 4) is 11.5 Å². The molecule has 0 aliphatic heterocycles. The summed E-state index contributed by atoms with van der Waals surface area (Å²) in [5.41, 5.74) is 1.55. The van der Waals surface area contributed by atoms with Gasteiger partial charge in [0.25, 0.3) is 11.1 Å². The van der Waals surface area contributed by atoms with Gasteiger partial charge in [0.1, 0.15) is 17.1 Å². The fraction of sp³-hybridized carbons (Fsp3) is 0.211. The van der Waals surface area contributed by atoms with Crippen LogP contribution in [0.1, 0.15) is 24.5 Å². The largest absolute Gasteiger partial charge is 0.469 e. The fourth-order valence-corrected chi connectivity index (χ4v) is 3.26. The van der Waals surface area contributed by atoms with E-state index in [1.54, 1.807) is 12.3 Å². The highest BCUT2D eigenvalue weighted by molar-refractivity contribution is 7.99. The molecular formula is C19H17N3O4S. The summed E-state index contributed by atoms with van der Waals surface area (Å²) in [4.78, 5) is 12.2. The second kappa shape index (κ2) is 7.32. The molecule has 1 N–H and O–H groups in total. The Morgan fingerprint density at radius 1 is 1.22 bits per heavy atom. The van der Waals surface area contributed by atoms with Crippen molar-refractivity contribution in [2.75, 3.05) is 5.75 Å². The minimum absolute atomic E-state index is 0.146. The molecule has 3 aromatic heterocycles. The topological polar surface area (TPSA) is 94.3 Å². The maximum Gasteiger partial charge on any atom is 0.277 e. The molecule has 7 nitrogen and oxygen atoms in total. The highest BCUT2D eigenvalue weighted by Crippen LogP contribution is 2.27. The molecule has 0 spiro atoms. The van der Waals surface area contributed by atoms with Gasteiger partial charge < -0.3 is 18.6 Å². The van der Waals surface area contributed by atoms with E-state index in [9.17, 15) is 4.79 Å². The Kier molecular flexibility index (Phi) is 4.72. The number of rotatable bonds is 6. The van der Waals surface area contributed by atoms with Gasteiger partial charge >= 0.3 is 0 Å². The standard InChI is InChI=1S/C19H17N3O4S/c1-11(16-9-13-5-3-4-6-15(13)25-16)20-17(23)10-27-19-22-21-18(26-19)14-7-8-24-12(14)2/h3-9,11H,10H2,1-2H3,(H,20,23)/t11-/m1/s1. The Morgan fingerprint density at radius 2 is 2.07 bits per heavy atom. The molecule has 0 saturated carbocycles. The Morgan fingerprint density at radius 3 is 2.85 bits per heavy atom. The number of para-hydroxylation sites is 1. The van der Waals surface area contributed by atoms with Crippen LogP contribution in [0.4, 0.5) is 0 Å². The second-order valence-electron chi connectivity index (χ2n) is 6.03. The second-order valence-corrected chi connectivity index (χ2v) is 6.95. The molecule has 0 bridgehead atoms. The van der Waals surface area contributed by atoms with Crippen LogP contribution in [0.25, 0.3) is 22.4 Å². The Balaban J connectivity index is 1.34. The minimum Gasteiger partial charge on any atom is -0.469 e. The van der Waals surface area contributed by atoms with E-state index in [1.807, 2.05) is 44.2 Å². The van der Waals surface area contributed by atoms with Crippen molar-refractivity contribution in [1.82, 2.24) is 15.5 Å². The lowest BCUT2D eigenvalue weighted by atomic mass is 10.2. The van der Waals surface area contributed by atoms with Crippen LogP contribution in [0.3, 0.4) is 0 Å². The first-order valence-electron chi connectivity index (χ1n) is 8.39. The SMILES string of the molecule is Cc1occc1-c1nnc(SCC(=O)N[C@H](C)c2cc3ccccc3o2)o1. The van der Waals surface area contributed by atoms with Gasteiger partial charge in [-0.3, -0.25) is 4.79 Å². The number of aryl methyl sites for hydroxylation is 1. The van der Waals surface area contributed by atoms with Crippen LogP contribution in [0.5, 0.6) is 0 Å². The monoisotopic (exact) mass is 383 g/mol. The van der Waals surface area contributed by atoms with Crippen LogP contribution < -0.4 is 5.32 Å². The first kappa shape index (κ1) is 17.4. The number of amides is 1. The van der Waals surface area contributed by atoms with Crippen LogP contribution in [-0.2, 0) is 4.79 Å². The average molecular weight is 383 g/mol. The molecule has 4 rings (SSSR count). The summed E-state index contributed by atoms with van der Waals surface area (Å²) >= 11 is 1.18. The maximum absolute atomic E-state index is 12.2. The zero-order valence-electron chi connectivity index (χ0n) is 14.8. The van der Waals surface area contributed by atoms with E-state index >= 15 is 0 Å². The highest BCUT2D eigenvalue weighted by Gasteiger charge is 2.17. The number of aromatic nitrogens is 2. The van der Waals surface area contributed by atoms with Crippen molar-refractivity contribution in [2.24, 2.45) is 0 Å². The number of hydrogen-bond donors (Lipinski definition) is 1. The molecule has 8 heteroatoms. The van der Waals surface area contributed by atoms with Gasteiger partial charge in [0.15, 0.2) is 0 Å². The van der Waals surface area contributed by atoms with Crippen molar-refractivity contribution in [1.29, 1.82) is 0 Å². The summed E-state index contributed by atoms with van der Waals surface area (Å²) in [6, 6.07) is 11.2. The van der Waals surface area contributed by atoms with Gasteiger partial charge in [0.05, 0.1) is 23.6 Å². The van der Waals surface area contributed by atoms with Crippen molar-refractivity contribution in [2.45, 2.75) is 25.1 Å². The molecule has 0 fully saturated rings. The molecule has 0 aliphatic rings. The Bertz CT molecular complexity index is 1050. The molecule has 4 aromatic rings. The third-order valence-electron chi connectivity index (χ3n) is 4.07. The van der Waals surface area contributed by atoms with Crippen molar-refractivity contribution in [3.63, 3.8) is 0 Å². The average Bonchev–Trinajstić information content (AvgIpc) is 3.38. The lowest BCUT2D eigenvalue weighted by Crippen LogP contribution is -2.27. The van der Waals surface area contributed by atoms with Crippen molar-refractivity contribution < 1.29 is 18.0 Å². The molecule has 138 valence electrons. The third-order valence-corrected chi connectivity index (χ3v) is 4.89. The van der Waals surface area contributed by atoms with Gasteiger partial charge in [-0.25, -0.2) is 0 Å². The lowest BCUT2D eigenvalue weighted by molar-refractivity contribution is -0.119. The van der Waals surface area contributed by atoms with E-state index in [0.717, 1.165) is 16.5 Å². The van der Waals surface area contributed by atoms with Gasteiger partial charge in [0, 0.05) is 5.39 Å². The molecule has 1 aromatic carbocycles. The smallest absolute Gasteiger partial charge is 0.277 e. The van der Waals surface area contributed by atoms with Crippen LogP contribution in [0, 0.1) is 6.92 Å². The first-order valence-corrected chi connectivity index (χ1v) is 9.37. The molecule has 3 heterocycles. The number of hydrogen-bond acceptors (Lipinski definition) is 7. The first-order chi connectivity index (χ1) is 13.1. The number of benzene rings is 1. The Hall–Kier alpha value is -3.00. The zero-order chi connectivity index (χ0) is 18.8. The van der Waals surface area contributed by atoms with Crippen LogP contribution in [0.15, 0.2) is 61.1 Å². The Labute approximate surface area is 159 Å². The summed E-state index contributed by atoms with van der Waals surface area (Å²) in [5, 5.41) is 12.2. The molecule has 0 aliphatic carbocycles. The predicted octanol–water partition coefficient (Wildman–Crippen LogP) is 4.35. The number of carbonyl (C=O) groups excluding carboxylic acids is 1. The number of furan rings is 2. The quantitative estimate of drug-likeness (QED) is 0.495. The lowest BCUT2D eigenvalue weighted by Gasteiger charge is -2.10. The molecule has 0 unspecified atom stereocenters. The summed E-state index contributed by atoms with van der Waals surface area (Å²) in [6.07, 6.45) is 1.56. The van der Waals surface area contributed by atoms with E-state index in [4.69, 9.17) is 13.3 Å². The normalized spacial score (nSPS) is 12.4. The number of fused-ring (bicyclic) bond motifs is 1. The number of nitrogens with one attached hydrogen (secondary N) is 1. The molecule has 1 atom stereocenters. The van der Waals surface area contributed by atoms with Gasteiger partial charge in [-0.15, -0.1) is 10.2 Å². The fourth-order valence-electron chi connectivity index (χ4n) is 2.68. The maximum atomic E-state index is 12.2. The molecule has 0 saturated heterocycles.